The van der Waals surface area contributed by atoms with Gasteiger partial charge in [0.2, 0.25) is 5.75 Å². The summed E-state index contributed by atoms with van der Waals surface area (Å²) in [6.45, 7) is 2.55. The predicted molar refractivity (Wildman–Crippen MR) is 120 cm³/mol. The molecule has 2 aliphatic heterocycles. The van der Waals surface area contributed by atoms with Crippen molar-refractivity contribution in [3.8, 4) is 17.2 Å². The highest BCUT2D eigenvalue weighted by atomic mass is 32.1. The molecule has 0 bridgehead atoms. The van der Waals surface area contributed by atoms with E-state index in [1.54, 1.807) is 18.4 Å². The van der Waals surface area contributed by atoms with E-state index in [-0.39, 0.29) is 12.1 Å². The zero-order valence-electron chi connectivity index (χ0n) is 17.3. The van der Waals surface area contributed by atoms with Crippen LogP contribution >= 0.6 is 11.3 Å². The van der Waals surface area contributed by atoms with E-state index in [4.69, 9.17) is 19.2 Å². The molecule has 0 radical (unpaired) electrons. The van der Waals surface area contributed by atoms with Crippen molar-refractivity contribution in [3.63, 3.8) is 0 Å². The minimum Gasteiger partial charge on any atom is -0.493 e. The van der Waals surface area contributed by atoms with E-state index < -0.39 is 0 Å². The molecule has 2 atom stereocenters. The molecule has 1 N–H and O–H groups in total. The second kappa shape index (κ2) is 8.32. The van der Waals surface area contributed by atoms with Crippen LogP contribution in [0.15, 0.2) is 42.5 Å². The Morgan fingerprint density at radius 2 is 2.00 bits per heavy atom. The van der Waals surface area contributed by atoms with Crippen LogP contribution in [-0.2, 0) is 0 Å². The molecule has 1 aromatic heterocycles. The van der Waals surface area contributed by atoms with Crippen molar-refractivity contribution in [2.45, 2.75) is 25.0 Å². The Labute approximate surface area is 180 Å². The molecule has 6 nitrogen and oxygen atoms in total. The fourth-order valence-corrected chi connectivity index (χ4v) is 5.62. The van der Waals surface area contributed by atoms with Crippen LogP contribution in [0.5, 0.6) is 17.2 Å². The van der Waals surface area contributed by atoms with Gasteiger partial charge in [0.05, 0.1) is 23.4 Å². The van der Waals surface area contributed by atoms with E-state index in [1.807, 2.05) is 25.2 Å². The number of thiazole rings is 1. The summed E-state index contributed by atoms with van der Waals surface area (Å²) in [5, 5.41) is 4.64. The summed E-state index contributed by atoms with van der Waals surface area (Å²) in [5.41, 5.74) is 1.09. The van der Waals surface area contributed by atoms with Crippen molar-refractivity contribution in [2.24, 2.45) is 5.92 Å². The van der Waals surface area contributed by atoms with Gasteiger partial charge in [0.25, 0.3) is 0 Å². The number of benzene rings is 2. The summed E-state index contributed by atoms with van der Waals surface area (Å²) in [5.74, 6) is 2.71. The fourth-order valence-electron chi connectivity index (χ4n) is 4.60. The van der Waals surface area contributed by atoms with E-state index in [0.717, 1.165) is 48.1 Å². The number of anilines is 1. The number of ether oxygens (including phenoxy) is 3. The van der Waals surface area contributed by atoms with E-state index in [2.05, 4.69) is 34.5 Å². The normalized spacial score (nSPS) is 20.3. The van der Waals surface area contributed by atoms with Crippen LogP contribution in [0.25, 0.3) is 10.2 Å². The van der Waals surface area contributed by atoms with Gasteiger partial charge in [-0.1, -0.05) is 29.5 Å². The van der Waals surface area contributed by atoms with Gasteiger partial charge in [0.1, 0.15) is 12.7 Å². The number of hydrogen-bond donors (Lipinski definition) is 1. The van der Waals surface area contributed by atoms with Crippen molar-refractivity contribution >= 4 is 26.7 Å². The lowest BCUT2D eigenvalue weighted by Crippen LogP contribution is -2.53. The summed E-state index contributed by atoms with van der Waals surface area (Å²) < 4.78 is 19.0. The molecule has 5 rings (SSSR count). The zero-order valence-corrected chi connectivity index (χ0v) is 18.2. The Morgan fingerprint density at radius 3 is 2.77 bits per heavy atom. The lowest BCUT2D eigenvalue weighted by molar-refractivity contribution is 0.0399. The molecular weight excluding hydrogens is 398 g/mol. The number of nitrogens with one attached hydrogen (secondary N) is 1. The fraction of sp³-hybridized carbons (Fsp3) is 0.435. The van der Waals surface area contributed by atoms with Gasteiger partial charge >= 0.3 is 0 Å². The summed E-state index contributed by atoms with van der Waals surface area (Å²) in [4.78, 5) is 7.25. The first kappa shape index (κ1) is 19.5. The van der Waals surface area contributed by atoms with Gasteiger partial charge in [-0.25, -0.2) is 4.98 Å². The first-order valence-corrected chi connectivity index (χ1v) is 11.3. The van der Waals surface area contributed by atoms with Gasteiger partial charge in [-0.15, -0.1) is 0 Å². The summed E-state index contributed by atoms with van der Waals surface area (Å²) in [6.07, 6.45) is 2.19. The zero-order chi connectivity index (χ0) is 20.5. The Bertz CT molecular complexity index is 983. The van der Waals surface area contributed by atoms with Crippen LogP contribution in [0.3, 0.4) is 0 Å². The molecule has 2 aromatic carbocycles. The summed E-state index contributed by atoms with van der Waals surface area (Å²) in [7, 11) is 3.68. The standard InChI is InChI=1S/C23H27N3O3S/c1-24-21(19-14-28-22-17(27-2)7-5-8-18(22)29-19)15-10-12-26(13-11-15)23-25-16-6-3-4-9-20(16)30-23/h3-9,15,19,21,24H,10-14H2,1-2H3. The molecule has 1 saturated heterocycles. The average molecular weight is 426 g/mol. The third-order valence-electron chi connectivity index (χ3n) is 6.17. The third-order valence-corrected chi connectivity index (χ3v) is 7.26. The van der Waals surface area contributed by atoms with Crippen molar-refractivity contribution in [3.05, 3.63) is 42.5 Å². The number of methoxy groups -OCH3 is 1. The Kier molecular flexibility index (Phi) is 5.39. The molecule has 1 fully saturated rings. The molecule has 2 aliphatic rings. The lowest BCUT2D eigenvalue weighted by atomic mass is 9.86. The first-order valence-electron chi connectivity index (χ1n) is 10.5. The quantitative estimate of drug-likeness (QED) is 0.668. The van der Waals surface area contributed by atoms with Gasteiger partial charge < -0.3 is 24.4 Å². The van der Waals surface area contributed by atoms with Gasteiger partial charge in [0.15, 0.2) is 16.6 Å². The molecule has 7 heteroatoms. The van der Waals surface area contributed by atoms with Crippen LogP contribution in [0, 0.1) is 5.92 Å². The summed E-state index contributed by atoms with van der Waals surface area (Å²) in [6, 6.07) is 14.4. The SMILES string of the molecule is CNC(C1CCN(c2nc3ccccc3s2)CC1)C1COc2c(OC)cccc2O1. The highest BCUT2D eigenvalue weighted by Crippen LogP contribution is 2.41. The minimum atomic E-state index is -0.0198. The second-order valence-electron chi connectivity index (χ2n) is 7.86. The number of rotatable bonds is 5. The van der Waals surface area contributed by atoms with Crippen molar-refractivity contribution < 1.29 is 14.2 Å². The molecular formula is C23H27N3O3S. The van der Waals surface area contributed by atoms with E-state index >= 15 is 0 Å². The number of para-hydroxylation sites is 2. The predicted octanol–water partition coefficient (Wildman–Crippen LogP) is 3.95. The Morgan fingerprint density at radius 1 is 1.17 bits per heavy atom. The van der Waals surface area contributed by atoms with Crippen LogP contribution < -0.4 is 24.4 Å². The molecule has 30 heavy (non-hydrogen) atoms. The molecule has 3 aromatic rings. The molecule has 0 amide bonds. The van der Waals surface area contributed by atoms with Crippen molar-refractivity contribution in [1.82, 2.24) is 10.3 Å². The number of aromatic nitrogens is 1. The van der Waals surface area contributed by atoms with Crippen molar-refractivity contribution in [2.75, 3.05) is 38.8 Å². The summed E-state index contributed by atoms with van der Waals surface area (Å²) >= 11 is 1.79. The van der Waals surface area contributed by atoms with Crippen molar-refractivity contribution in [1.29, 1.82) is 0 Å². The topological polar surface area (TPSA) is 55.9 Å². The Balaban J connectivity index is 1.25. The second-order valence-corrected chi connectivity index (χ2v) is 8.87. The molecule has 0 saturated carbocycles. The molecule has 0 spiro atoms. The number of likely N-dealkylation sites (N-methyl/N-ethyl adjacent to an activating group) is 1. The number of hydrogen-bond acceptors (Lipinski definition) is 7. The van der Waals surface area contributed by atoms with Gasteiger partial charge in [0, 0.05) is 13.1 Å². The lowest BCUT2D eigenvalue weighted by Gasteiger charge is -2.40. The maximum atomic E-state index is 6.34. The first-order chi connectivity index (χ1) is 14.8. The smallest absolute Gasteiger partial charge is 0.203 e. The number of nitrogens with zero attached hydrogens (tertiary/aromatic N) is 2. The molecule has 158 valence electrons. The average Bonchev–Trinajstić information content (AvgIpc) is 3.24. The highest BCUT2D eigenvalue weighted by Gasteiger charge is 2.36. The number of piperidine rings is 1. The third kappa shape index (κ3) is 3.56. The monoisotopic (exact) mass is 425 g/mol. The van der Waals surface area contributed by atoms with E-state index in [9.17, 15) is 0 Å². The van der Waals surface area contributed by atoms with E-state index in [1.165, 1.54) is 4.70 Å². The molecule has 3 heterocycles. The Hall–Kier alpha value is -2.51. The van der Waals surface area contributed by atoms with Crippen LogP contribution in [0.1, 0.15) is 12.8 Å². The maximum absolute atomic E-state index is 6.34. The maximum Gasteiger partial charge on any atom is 0.203 e. The van der Waals surface area contributed by atoms with Crippen LogP contribution in [-0.4, -0.2) is 51.0 Å². The largest absolute Gasteiger partial charge is 0.493 e. The van der Waals surface area contributed by atoms with Gasteiger partial charge in [-0.3, -0.25) is 0 Å². The van der Waals surface area contributed by atoms with Gasteiger partial charge in [-0.05, 0) is 50.1 Å². The van der Waals surface area contributed by atoms with Crippen LogP contribution in [0.4, 0.5) is 5.13 Å². The molecule has 0 aliphatic carbocycles. The van der Waals surface area contributed by atoms with Crippen LogP contribution in [0.2, 0.25) is 0 Å². The highest BCUT2D eigenvalue weighted by molar-refractivity contribution is 7.22. The minimum absolute atomic E-state index is 0.0198. The number of fused-ring (bicyclic) bond motifs is 2. The van der Waals surface area contributed by atoms with Gasteiger partial charge in [-0.2, -0.15) is 0 Å². The van der Waals surface area contributed by atoms with E-state index in [0.29, 0.717) is 18.3 Å². The molecule has 2 unspecified atom stereocenters.